The SMILES string of the molecule is CN(Cc1ccc(C(=O)NC2CC2)cc1)S(=O)(=O)c1ccc(C#N)cc1. The normalized spacial score (nSPS) is 14.0. The molecular formula is C19H19N3O3S. The van der Waals surface area contributed by atoms with Gasteiger partial charge in [0.2, 0.25) is 10.0 Å². The maximum absolute atomic E-state index is 12.6. The molecule has 1 N–H and O–H groups in total. The lowest BCUT2D eigenvalue weighted by molar-refractivity contribution is 0.0951. The molecule has 0 heterocycles. The first-order valence-electron chi connectivity index (χ1n) is 8.26. The fourth-order valence-electron chi connectivity index (χ4n) is 2.48. The Bertz CT molecular complexity index is 941. The standard InChI is InChI=1S/C19H19N3O3S/c1-22(26(24,25)18-10-4-14(12-20)5-11-18)13-15-2-6-16(7-3-15)19(23)21-17-8-9-17/h2-7,10-11,17H,8-9,13H2,1H3,(H,21,23). The van der Waals surface area contributed by atoms with Gasteiger partial charge < -0.3 is 5.32 Å². The summed E-state index contributed by atoms with van der Waals surface area (Å²) >= 11 is 0. The molecule has 2 aromatic rings. The van der Waals surface area contributed by atoms with E-state index in [-0.39, 0.29) is 17.3 Å². The highest BCUT2D eigenvalue weighted by molar-refractivity contribution is 7.89. The van der Waals surface area contributed by atoms with Gasteiger partial charge in [0.15, 0.2) is 0 Å². The molecule has 1 fully saturated rings. The first kappa shape index (κ1) is 18.1. The summed E-state index contributed by atoms with van der Waals surface area (Å²) in [5, 5.41) is 11.7. The van der Waals surface area contributed by atoms with Crippen molar-refractivity contribution in [3.8, 4) is 6.07 Å². The van der Waals surface area contributed by atoms with Crippen LogP contribution in [0.3, 0.4) is 0 Å². The average molecular weight is 369 g/mol. The van der Waals surface area contributed by atoms with Gasteiger partial charge in [0, 0.05) is 25.2 Å². The Hall–Kier alpha value is -2.69. The van der Waals surface area contributed by atoms with Crippen LogP contribution in [0.4, 0.5) is 0 Å². The van der Waals surface area contributed by atoms with E-state index < -0.39 is 10.0 Å². The largest absolute Gasteiger partial charge is 0.349 e. The van der Waals surface area contributed by atoms with Gasteiger partial charge in [-0.1, -0.05) is 12.1 Å². The van der Waals surface area contributed by atoms with Gasteiger partial charge in [-0.25, -0.2) is 8.42 Å². The van der Waals surface area contributed by atoms with E-state index >= 15 is 0 Å². The van der Waals surface area contributed by atoms with Crippen LogP contribution >= 0.6 is 0 Å². The second kappa shape index (κ2) is 7.28. The van der Waals surface area contributed by atoms with Crippen LogP contribution < -0.4 is 5.32 Å². The van der Waals surface area contributed by atoms with Gasteiger partial charge in [0.1, 0.15) is 0 Å². The Kier molecular flexibility index (Phi) is 5.07. The number of hydrogen-bond acceptors (Lipinski definition) is 4. The van der Waals surface area contributed by atoms with Crippen molar-refractivity contribution in [3.63, 3.8) is 0 Å². The molecule has 1 aliphatic rings. The first-order chi connectivity index (χ1) is 12.4. The smallest absolute Gasteiger partial charge is 0.251 e. The van der Waals surface area contributed by atoms with E-state index in [4.69, 9.17) is 5.26 Å². The molecule has 0 radical (unpaired) electrons. The predicted molar refractivity (Wildman–Crippen MR) is 96.7 cm³/mol. The molecule has 2 aromatic carbocycles. The lowest BCUT2D eigenvalue weighted by Gasteiger charge is -2.17. The minimum atomic E-state index is -3.65. The minimum Gasteiger partial charge on any atom is -0.349 e. The van der Waals surface area contributed by atoms with Crippen molar-refractivity contribution >= 4 is 15.9 Å². The third kappa shape index (κ3) is 4.10. The zero-order valence-electron chi connectivity index (χ0n) is 14.3. The Morgan fingerprint density at radius 3 is 2.31 bits per heavy atom. The Balaban J connectivity index is 1.68. The number of carbonyl (C=O) groups excluding carboxylic acids is 1. The number of benzene rings is 2. The van der Waals surface area contributed by atoms with Crippen LogP contribution in [0.25, 0.3) is 0 Å². The highest BCUT2D eigenvalue weighted by Gasteiger charge is 2.24. The molecule has 7 heteroatoms. The summed E-state index contributed by atoms with van der Waals surface area (Å²) in [6.07, 6.45) is 2.06. The number of hydrogen-bond donors (Lipinski definition) is 1. The first-order valence-corrected chi connectivity index (χ1v) is 9.70. The summed E-state index contributed by atoms with van der Waals surface area (Å²) < 4.78 is 26.5. The van der Waals surface area contributed by atoms with Crippen LogP contribution in [0.15, 0.2) is 53.4 Å². The van der Waals surface area contributed by atoms with E-state index in [2.05, 4.69) is 5.32 Å². The number of nitriles is 1. The highest BCUT2D eigenvalue weighted by atomic mass is 32.2. The molecule has 6 nitrogen and oxygen atoms in total. The van der Waals surface area contributed by atoms with E-state index in [1.165, 1.54) is 35.6 Å². The zero-order chi connectivity index (χ0) is 18.7. The maximum atomic E-state index is 12.6. The van der Waals surface area contributed by atoms with Crippen LogP contribution in [-0.2, 0) is 16.6 Å². The monoisotopic (exact) mass is 369 g/mol. The number of nitrogens with one attached hydrogen (secondary N) is 1. The molecule has 1 amide bonds. The van der Waals surface area contributed by atoms with Gasteiger partial charge in [0.05, 0.1) is 16.5 Å². The van der Waals surface area contributed by atoms with Gasteiger partial charge in [-0.05, 0) is 54.8 Å². The Morgan fingerprint density at radius 2 is 1.77 bits per heavy atom. The molecule has 0 aliphatic heterocycles. The lowest BCUT2D eigenvalue weighted by Crippen LogP contribution is -2.27. The molecule has 0 unspecified atom stereocenters. The number of carbonyl (C=O) groups is 1. The number of amides is 1. The van der Waals surface area contributed by atoms with Gasteiger partial charge in [-0.2, -0.15) is 9.57 Å². The summed E-state index contributed by atoms with van der Waals surface area (Å²) in [5.74, 6) is -0.0994. The molecule has 0 atom stereocenters. The number of sulfonamides is 1. The van der Waals surface area contributed by atoms with E-state index in [0.717, 1.165) is 18.4 Å². The summed E-state index contributed by atoms with van der Waals surface area (Å²) in [4.78, 5) is 12.1. The van der Waals surface area contributed by atoms with Crippen molar-refractivity contribution in [3.05, 3.63) is 65.2 Å². The van der Waals surface area contributed by atoms with Crippen molar-refractivity contribution in [1.29, 1.82) is 5.26 Å². The summed E-state index contributed by atoms with van der Waals surface area (Å²) in [6.45, 7) is 0.187. The Labute approximate surface area is 153 Å². The fourth-order valence-corrected chi connectivity index (χ4v) is 3.64. The topological polar surface area (TPSA) is 90.3 Å². The molecule has 0 spiro atoms. The van der Waals surface area contributed by atoms with E-state index in [0.29, 0.717) is 17.2 Å². The highest BCUT2D eigenvalue weighted by Crippen LogP contribution is 2.20. The summed E-state index contributed by atoms with van der Waals surface area (Å²) in [6, 6.07) is 15.0. The molecule has 0 aromatic heterocycles. The molecule has 0 saturated heterocycles. The molecule has 1 aliphatic carbocycles. The maximum Gasteiger partial charge on any atom is 0.251 e. The molecule has 134 valence electrons. The van der Waals surface area contributed by atoms with Gasteiger partial charge in [-0.3, -0.25) is 4.79 Å². The third-order valence-corrected chi connectivity index (χ3v) is 6.04. The van der Waals surface area contributed by atoms with Crippen molar-refractivity contribution in [2.24, 2.45) is 0 Å². The van der Waals surface area contributed by atoms with Gasteiger partial charge in [0.25, 0.3) is 5.91 Å². The van der Waals surface area contributed by atoms with E-state index in [9.17, 15) is 13.2 Å². The van der Waals surface area contributed by atoms with Crippen LogP contribution in [0.1, 0.15) is 34.3 Å². The van der Waals surface area contributed by atoms with Crippen molar-refractivity contribution < 1.29 is 13.2 Å². The van der Waals surface area contributed by atoms with Crippen molar-refractivity contribution in [1.82, 2.24) is 9.62 Å². The summed E-state index contributed by atoms with van der Waals surface area (Å²) in [7, 11) is -2.15. The minimum absolute atomic E-state index is 0.0994. The van der Waals surface area contributed by atoms with Crippen molar-refractivity contribution in [2.75, 3.05) is 7.05 Å². The lowest BCUT2D eigenvalue weighted by atomic mass is 10.1. The number of nitrogens with zero attached hydrogens (tertiary/aromatic N) is 2. The predicted octanol–water partition coefficient (Wildman–Crippen LogP) is 2.27. The van der Waals surface area contributed by atoms with Crippen LogP contribution in [-0.4, -0.2) is 31.7 Å². The number of rotatable bonds is 6. The van der Waals surface area contributed by atoms with Crippen molar-refractivity contribution in [2.45, 2.75) is 30.3 Å². The fraction of sp³-hybridized carbons (Fsp3) is 0.263. The van der Waals surface area contributed by atoms with Crippen LogP contribution in [0.5, 0.6) is 0 Å². The van der Waals surface area contributed by atoms with Crippen LogP contribution in [0, 0.1) is 11.3 Å². The molecule has 1 saturated carbocycles. The second-order valence-corrected chi connectivity index (χ2v) is 8.39. The summed E-state index contributed by atoms with van der Waals surface area (Å²) in [5.41, 5.74) is 1.76. The second-order valence-electron chi connectivity index (χ2n) is 6.34. The quantitative estimate of drug-likeness (QED) is 0.846. The van der Waals surface area contributed by atoms with Gasteiger partial charge >= 0.3 is 0 Å². The van der Waals surface area contributed by atoms with E-state index in [1.807, 2.05) is 6.07 Å². The zero-order valence-corrected chi connectivity index (χ0v) is 15.2. The van der Waals surface area contributed by atoms with Gasteiger partial charge in [-0.15, -0.1) is 0 Å². The van der Waals surface area contributed by atoms with Crippen LogP contribution in [0.2, 0.25) is 0 Å². The molecule has 26 heavy (non-hydrogen) atoms. The average Bonchev–Trinajstić information content (AvgIpc) is 3.46. The third-order valence-electron chi connectivity index (χ3n) is 4.23. The molecule has 0 bridgehead atoms. The molecule has 3 rings (SSSR count). The Morgan fingerprint density at radius 1 is 1.15 bits per heavy atom. The molecular weight excluding hydrogens is 350 g/mol. The van der Waals surface area contributed by atoms with E-state index in [1.54, 1.807) is 24.3 Å².